The summed E-state index contributed by atoms with van der Waals surface area (Å²) in [5, 5.41) is 8.90. The lowest BCUT2D eigenvalue weighted by molar-refractivity contribution is 0.0696. The number of pyridine rings is 1. The van der Waals surface area contributed by atoms with E-state index < -0.39 is 5.97 Å². The number of aryl methyl sites for hydroxylation is 1. The summed E-state index contributed by atoms with van der Waals surface area (Å²) < 4.78 is 5.60. The van der Waals surface area contributed by atoms with Crippen LogP contribution in [0.3, 0.4) is 0 Å². The minimum Gasteiger partial charge on any atom is -0.478 e. The molecule has 4 heteroatoms. The fourth-order valence-electron chi connectivity index (χ4n) is 1.83. The van der Waals surface area contributed by atoms with Crippen molar-refractivity contribution in [2.75, 3.05) is 0 Å². The van der Waals surface area contributed by atoms with Crippen molar-refractivity contribution in [2.24, 2.45) is 0 Å². The van der Waals surface area contributed by atoms with Crippen LogP contribution in [0.5, 0.6) is 11.5 Å². The monoisotopic (exact) mass is 271 g/mol. The summed E-state index contributed by atoms with van der Waals surface area (Å²) in [6, 6.07) is 9.29. The van der Waals surface area contributed by atoms with Crippen LogP contribution >= 0.6 is 0 Å². The van der Waals surface area contributed by atoms with Crippen LogP contribution in [0.1, 0.15) is 35.7 Å². The Morgan fingerprint density at radius 1 is 1.20 bits per heavy atom. The Labute approximate surface area is 118 Å². The van der Waals surface area contributed by atoms with Crippen molar-refractivity contribution in [1.82, 2.24) is 4.98 Å². The summed E-state index contributed by atoms with van der Waals surface area (Å²) in [6.07, 6.45) is 6.20. The molecule has 0 radical (unpaired) electrons. The van der Waals surface area contributed by atoms with Crippen LogP contribution in [0.15, 0.2) is 42.7 Å². The van der Waals surface area contributed by atoms with Crippen LogP contribution in [0.2, 0.25) is 0 Å². The highest BCUT2D eigenvalue weighted by Gasteiger charge is 2.05. The van der Waals surface area contributed by atoms with Gasteiger partial charge >= 0.3 is 5.97 Å². The van der Waals surface area contributed by atoms with Gasteiger partial charge in [-0.05, 0) is 36.6 Å². The third-order valence-corrected chi connectivity index (χ3v) is 2.94. The standard InChI is InChI=1S/C16H17NO3/c1-2-3-4-12-5-7-14(8-6-12)20-15-9-13(16(18)19)10-17-11-15/h5-11H,2-4H2,1H3,(H,18,19). The number of carbonyl (C=O) groups is 1. The van der Waals surface area contributed by atoms with E-state index in [1.165, 1.54) is 36.9 Å². The Kier molecular flexibility index (Phi) is 4.71. The Bertz CT molecular complexity index is 579. The number of aromatic carboxylic acids is 1. The number of unbranched alkanes of at least 4 members (excludes halogenated alkanes) is 1. The molecule has 0 aliphatic carbocycles. The summed E-state index contributed by atoms with van der Waals surface area (Å²) in [6.45, 7) is 2.17. The summed E-state index contributed by atoms with van der Waals surface area (Å²) in [5.74, 6) is 0.0821. The molecule has 0 aliphatic rings. The van der Waals surface area contributed by atoms with E-state index in [-0.39, 0.29) is 5.56 Å². The minimum absolute atomic E-state index is 0.113. The normalized spacial score (nSPS) is 10.2. The summed E-state index contributed by atoms with van der Waals surface area (Å²) in [7, 11) is 0. The van der Waals surface area contributed by atoms with Gasteiger partial charge in [0.15, 0.2) is 0 Å². The predicted molar refractivity (Wildman–Crippen MR) is 76.3 cm³/mol. The summed E-state index contributed by atoms with van der Waals surface area (Å²) in [5.41, 5.74) is 1.39. The van der Waals surface area contributed by atoms with Crippen LogP contribution < -0.4 is 4.74 Å². The molecule has 1 heterocycles. The van der Waals surface area contributed by atoms with Gasteiger partial charge in [-0.15, -0.1) is 0 Å². The molecule has 0 aliphatic heterocycles. The zero-order chi connectivity index (χ0) is 14.4. The van der Waals surface area contributed by atoms with Gasteiger partial charge in [0.05, 0.1) is 11.8 Å². The Morgan fingerprint density at radius 2 is 1.95 bits per heavy atom. The van der Waals surface area contributed by atoms with Crippen LogP contribution in [-0.4, -0.2) is 16.1 Å². The number of benzene rings is 1. The number of nitrogens with zero attached hydrogens (tertiary/aromatic N) is 1. The van der Waals surface area contributed by atoms with E-state index in [9.17, 15) is 4.79 Å². The highest BCUT2D eigenvalue weighted by atomic mass is 16.5. The van der Waals surface area contributed by atoms with Crippen molar-refractivity contribution in [3.8, 4) is 11.5 Å². The first kappa shape index (κ1) is 14.1. The molecule has 0 spiro atoms. The van der Waals surface area contributed by atoms with Gasteiger partial charge in [0.2, 0.25) is 0 Å². The molecule has 20 heavy (non-hydrogen) atoms. The fraction of sp³-hybridized carbons (Fsp3) is 0.250. The van der Waals surface area contributed by atoms with Gasteiger partial charge in [0, 0.05) is 6.20 Å². The summed E-state index contributed by atoms with van der Waals surface area (Å²) >= 11 is 0. The summed E-state index contributed by atoms with van der Waals surface area (Å²) in [4.78, 5) is 14.7. The minimum atomic E-state index is -1.02. The van der Waals surface area contributed by atoms with Crippen LogP contribution in [0.4, 0.5) is 0 Å². The van der Waals surface area contributed by atoms with Crippen LogP contribution in [-0.2, 0) is 6.42 Å². The molecule has 0 bridgehead atoms. The van der Waals surface area contributed by atoms with Gasteiger partial charge in [0.1, 0.15) is 11.5 Å². The lowest BCUT2D eigenvalue weighted by atomic mass is 10.1. The molecule has 0 amide bonds. The van der Waals surface area contributed by atoms with E-state index in [4.69, 9.17) is 9.84 Å². The highest BCUT2D eigenvalue weighted by molar-refractivity contribution is 5.87. The molecule has 0 saturated heterocycles. The van der Waals surface area contributed by atoms with Crippen molar-refractivity contribution in [1.29, 1.82) is 0 Å². The lowest BCUT2D eigenvalue weighted by Gasteiger charge is -2.07. The smallest absolute Gasteiger partial charge is 0.337 e. The molecule has 0 saturated carbocycles. The maximum absolute atomic E-state index is 10.9. The maximum atomic E-state index is 10.9. The second-order valence-corrected chi connectivity index (χ2v) is 4.56. The van der Waals surface area contributed by atoms with E-state index in [1.54, 1.807) is 0 Å². The number of ether oxygens (including phenoxy) is 1. The molecule has 104 valence electrons. The van der Waals surface area contributed by atoms with Crippen LogP contribution in [0, 0.1) is 0 Å². The largest absolute Gasteiger partial charge is 0.478 e. The predicted octanol–water partition coefficient (Wildman–Crippen LogP) is 3.91. The topological polar surface area (TPSA) is 59.4 Å². The molecule has 2 aromatic rings. The number of hydrogen-bond acceptors (Lipinski definition) is 3. The fourth-order valence-corrected chi connectivity index (χ4v) is 1.83. The van der Waals surface area contributed by atoms with Crippen molar-refractivity contribution in [3.63, 3.8) is 0 Å². The second-order valence-electron chi connectivity index (χ2n) is 4.56. The van der Waals surface area contributed by atoms with Crippen LogP contribution in [0.25, 0.3) is 0 Å². The third-order valence-electron chi connectivity index (χ3n) is 2.94. The van der Waals surface area contributed by atoms with Gasteiger partial charge in [-0.1, -0.05) is 25.5 Å². The van der Waals surface area contributed by atoms with Crippen molar-refractivity contribution in [2.45, 2.75) is 26.2 Å². The molecular weight excluding hydrogens is 254 g/mol. The van der Waals surface area contributed by atoms with E-state index in [2.05, 4.69) is 11.9 Å². The average molecular weight is 271 g/mol. The molecule has 0 fully saturated rings. The molecule has 1 aromatic heterocycles. The van der Waals surface area contributed by atoms with Gasteiger partial charge in [-0.25, -0.2) is 4.79 Å². The lowest BCUT2D eigenvalue weighted by Crippen LogP contribution is -1.97. The zero-order valence-electron chi connectivity index (χ0n) is 11.4. The Hall–Kier alpha value is -2.36. The number of carboxylic acids is 1. The van der Waals surface area contributed by atoms with Crippen molar-refractivity contribution >= 4 is 5.97 Å². The second kappa shape index (κ2) is 6.70. The first-order chi connectivity index (χ1) is 9.69. The third kappa shape index (κ3) is 3.82. The van der Waals surface area contributed by atoms with Gasteiger partial charge in [0.25, 0.3) is 0 Å². The maximum Gasteiger partial charge on any atom is 0.337 e. The Morgan fingerprint density at radius 3 is 2.60 bits per heavy atom. The van der Waals surface area contributed by atoms with Gasteiger partial charge in [-0.2, -0.15) is 0 Å². The molecule has 1 aromatic carbocycles. The molecule has 4 nitrogen and oxygen atoms in total. The number of aromatic nitrogens is 1. The van der Waals surface area contributed by atoms with E-state index in [0.29, 0.717) is 11.5 Å². The molecule has 0 unspecified atom stereocenters. The first-order valence-electron chi connectivity index (χ1n) is 6.64. The highest BCUT2D eigenvalue weighted by Crippen LogP contribution is 2.22. The van der Waals surface area contributed by atoms with Crippen molar-refractivity contribution in [3.05, 3.63) is 53.9 Å². The number of rotatable bonds is 6. The quantitative estimate of drug-likeness (QED) is 0.865. The molecule has 0 atom stereocenters. The average Bonchev–Trinajstić information content (AvgIpc) is 2.47. The SMILES string of the molecule is CCCCc1ccc(Oc2cncc(C(=O)O)c2)cc1. The first-order valence-corrected chi connectivity index (χ1v) is 6.64. The molecule has 1 N–H and O–H groups in total. The van der Waals surface area contributed by atoms with Crippen molar-refractivity contribution < 1.29 is 14.6 Å². The number of hydrogen-bond donors (Lipinski definition) is 1. The van der Waals surface area contributed by atoms with Gasteiger partial charge < -0.3 is 9.84 Å². The van der Waals surface area contributed by atoms with E-state index in [0.717, 1.165) is 6.42 Å². The molecule has 2 rings (SSSR count). The Balaban J connectivity index is 2.06. The zero-order valence-corrected chi connectivity index (χ0v) is 11.4. The number of carboxylic acid groups (broad SMARTS) is 1. The van der Waals surface area contributed by atoms with E-state index >= 15 is 0 Å². The molecular formula is C16H17NO3. The van der Waals surface area contributed by atoms with Gasteiger partial charge in [-0.3, -0.25) is 4.98 Å². The van der Waals surface area contributed by atoms with E-state index in [1.807, 2.05) is 24.3 Å².